The normalized spacial score (nSPS) is 16.5. The minimum atomic E-state index is -0.289. The first-order valence-corrected chi connectivity index (χ1v) is 11.7. The molecular formula is C26H34N4O. The predicted molar refractivity (Wildman–Crippen MR) is 128 cm³/mol. The van der Waals surface area contributed by atoms with Crippen molar-refractivity contribution in [1.29, 1.82) is 0 Å². The lowest BCUT2D eigenvalue weighted by molar-refractivity contribution is 0.0686. The van der Waals surface area contributed by atoms with Gasteiger partial charge in [0, 0.05) is 19.6 Å². The highest BCUT2D eigenvalue weighted by atomic mass is 16.1. The van der Waals surface area contributed by atoms with Crippen molar-refractivity contribution in [3.8, 4) is 5.69 Å². The van der Waals surface area contributed by atoms with Crippen LogP contribution in [0, 0.1) is 0 Å². The van der Waals surface area contributed by atoms with Gasteiger partial charge in [0.15, 0.2) is 0 Å². The molecular weight excluding hydrogens is 384 g/mol. The van der Waals surface area contributed by atoms with Crippen LogP contribution in [0.3, 0.4) is 0 Å². The fourth-order valence-electron chi connectivity index (χ4n) is 5.13. The number of fused-ring (bicyclic) bond motifs is 1. The van der Waals surface area contributed by atoms with Crippen LogP contribution in [0.1, 0.15) is 45.9 Å². The van der Waals surface area contributed by atoms with Crippen molar-refractivity contribution in [1.82, 2.24) is 19.4 Å². The van der Waals surface area contributed by atoms with Crippen LogP contribution in [-0.4, -0.2) is 52.1 Å². The summed E-state index contributed by atoms with van der Waals surface area (Å²) in [5.74, 6) is 0.873. The number of likely N-dealkylation sites (N-methyl/N-ethyl adjacent to an activating group) is 1. The van der Waals surface area contributed by atoms with Crippen molar-refractivity contribution >= 4 is 10.9 Å². The molecule has 1 aliphatic heterocycles. The lowest BCUT2D eigenvalue weighted by Crippen LogP contribution is -2.50. The van der Waals surface area contributed by atoms with Crippen LogP contribution >= 0.6 is 0 Å². The molecule has 1 aromatic heterocycles. The first-order chi connectivity index (χ1) is 15.1. The SMILES string of the molecule is CCN1CCCN(C(CC)(CC)c2nc3ccccc3c(=O)n2-c2ccccc2)CC1. The lowest BCUT2D eigenvalue weighted by atomic mass is 9.88. The van der Waals surface area contributed by atoms with Crippen LogP contribution in [0.25, 0.3) is 16.6 Å². The van der Waals surface area contributed by atoms with Crippen molar-refractivity contribution in [3.05, 3.63) is 70.8 Å². The number of aromatic nitrogens is 2. The second-order valence-electron chi connectivity index (χ2n) is 8.44. The number of hydrogen-bond donors (Lipinski definition) is 0. The molecule has 0 spiro atoms. The second-order valence-corrected chi connectivity index (χ2v) is 8.44. The molecule has 0 atom stereocenters. The van der Waals surface area contributed by atoms with Crippen LogP contribution < -0.4 is 5.56 Å². The molecule has 1 fully saturated rings. The van der Waals surface area contributed by atoms with E-state index < -0.39 is 0 Å². The highest BCUT2D eigenvalue weighted by Gasteiger charge is 2.40. The van der Waals surface area contributed by atoms with Crippen molar-refractivity contribution in [3.63, 3.8) is 0 Å². The summed E-state index contributed by atoms with van der Waals surface area (Å²) in [4.78, 5) is 24.1. The summed E-state index contributed by atoms with van der Waals surface area (Å²) in [6, 6.07) is 17.7. The Morgan fingerprint density at radius 2 is 1.58 bits per heavy atom. The van der Waals surface area contributed by atoms with Gasteiger partial charge >= 0.3 is 0 Å². The van der Waals surface area contributed by atoms with E-state index in [4.69, 9.17) is 4.98 Å². The summed E-state index contributed by atoms with van der Waals surface area (Å²) >= 11 is 0. The summed E-state index contributed by atoms with van der Waals surface area (Å²) < 4.78 is 1.87. The summed E-state index contributed by atoms with van der Waals surface area (Å²) in [6.45, 7) is 12.0. The van der Waals surface area contributed by atoms with E-state index >= 15 is 0 Å². The summed E-state index contributed by atoms with van der Waals surface area (Å²) in [6.07, 6.45) is 2.96. The second kappa shape index (κ2) is 9.33. The Morgan fingerprint density at radius 1 is 0.871 bits per heavy atom. The van der Waals surface area contributed by atoms with Gasteiger partial charge in [0.25, 0.3) is 5.56 Å². The molecule has 1 saturated heterocycles. The van der Waals surface area contributed by atoms with E-state index in [9.17, 15) is 4.79 Å². The quantitative estimate of drug-likeness (QED) is 0.594. The Kier molecular flexibility index (Phi) is 6.54. The van der Waals surface area contributed by atoms with Gasteiger partial charge in [-0.05, 0) is 56.6 Å². The van der Waals surface area contributed by atoms with Crippen LogP contribution in [-0.2, 0) is 5.54 Å². The molecule has 2 heterocycles. The first-order valence-electron chi connectivity index (χ1n) is 11.7. The number of rotatable bonds is 6. The third kappa shape index (κ3) is 3.92. The van der Waals surface area contributed by atoms with Gasteiger partial charge in [-0.3, -0.25) is 14.3 Å². The van der Waals surface area contributed by atoms with E-state index in [1.54, 1.807) is 0 Å². The fraction of sp³-hybridized carbons (Fsp3) is 0.462. The molecule has 4 rings (SSSR count). The lowest BCUT2D eigenvalue weighted by Gasteiger charge is -2.43. The molecule has 3 aromatic rings. The standard InChI is InChI=1S/C26H34N4O/c1-4-26(5-2,29-18-12-17-28(6-3)19-20-29)25-27-23-16-11-10-15-22(23)24(31)30(25)21-13-8-7-9-14-21/h7-11,13-16H,4-6,12,17-20H2,1-3H3. The van der Waals surface area contributed by atoms with E-state index in [-0.39, 0.29) is 11.1 Å². The third-order valence-electron chi connectivity index (χ3n) is 7.02. The van der Waals surface area contributed by atoms with E-state index in [1.807, 2.05) is 59.2 Å². The third-order valence-corrected chi connectivity index (χ3v) is 7.02. The maximum Gasteiger partial charge on any atom is 0.266 e. The van der Waals surface area contributed by atoms with Gasteiger partial charge in [0.2, 0.25) is 0 Å². The minimum absolute atomic E-state index is 0.0167. The Balaban J connectivity index is 1.96. The van der Waals surface area contributed by atoms with E-state index in [2.05, 4.69) is 30.6 Å². The van der Waals surface area contributed by atoms with Gasteiger partial charge in [-0.15, -0.1) is 0 Å². The van der Waals surface area contributed by atoms with Gasteiger partial charge in [-0.25, -0.2) is 4.98 Å². The van der Waals surface area contributed by atoms with E-state index in [0.717, 1.165) is 69.0 Å². The zero-order chi connectivity index (χ0) is 21.8. The Hall–Kier alpha value is -2.50. The molecule has 0 unspecified atom stereocenters. The smallest absolute Gasteiger partial charge is 0.266 e. The zero-order valence-corrected chi connectivity index (χ0v) is 19.1. The van der Waals surface area contributed by atoms with Crippen molar-refractivity contribution < 1.29 is 0 Å². The molecule has 0 N–H and O–H groups in total. The average Bonchev–Trinajstić information content (AvgIpc) is 3.07. The van der Waals surface area contributed by atoms with E-state index in [1.165, 1.54) is 0 Å². The zero-order valence-electron chi connectivity index (χ0n) is 19.1. The molecule has 0 bridgehead atoms. The molecule has 164 valence electrons. The largest absolute Gasteiger partial charge is 0.302 e. The van der Waals surface area contributed by atoms with Crippen LogP contribution in [0.15, 0.2) is 59.4 Å². The molecule has 0 amide bonds. The van der Waals surface area contributed by atoms with Crippen LogP contribution in [0.4, 0.5) is 0 Å². The molecule has 1 aliphatic rings. The topological polar surface area (TPSA) is 41.4 Å². The van der Waals surface area contributed by atoms with Gasteiger partial charge < -0.3 is 4.90 Å². The number of benzene rings is 2. The van der Waals surface area contributed by atoms with Crippen LogP contribution in [0.5, 0.6) is 0 Å². The predicted octanol–water partition coefficient (Wildman–Crippen LogP) is 4.43. The summed E-state index contributed by atoms with van der Waals surface area (Å²) in [5.41, 5.74) is 1.40. The maximum absolute atomic E-state index is 13.8. The van der Waals surface area contributed by atoms with Gasteiger partial charge in [0.1, 0.15) is 5.82 Å². The highest BCUT2D eigenvalue weighted by Crippen LogP contribution is 2.36. The molecule has 0 radical (unpaired) electrons. The molecule has 5 nitrogen and oxygen atoms in total. The minimum Gasteiger partial charge on any atom is -0.302 e. The maximum atomic E-state index is 13.8. The van der Waals surface area contributed by atoms with E-state index in [0.29, 0.717) is 5.39 Å². The fourth-order valence-corrected chi connectivity index (χ4v) is 5.13. The van der Waals surface area contributed by atoms with Gasteiger partial charge in [-0.2, -0.15) is 0 Å². The highest BCUT2D eigenvalue weighted by molar-refractivity contribution is 5.78. The van der Waals surface area contributed by atoms with Gasteiger partial charge in [0.05, 0.1) is 22.1 Å². The summed E-state index contributed by atoms with van der Waals surface area (Å²) in [7, 11) is 0. The average molecular weight is 419 g/mol. The van der Waals surface area contributed by atoms with Crippen molar-refractivity contribution in [2.24, 2.45) is 0 Å². The first kappa shape index (κ1) is 21.7. The molecule has 31 heavy (non-hydrogen) atoms. The molecule has 5 heteroatoms. The number of nitrogens with zero attached hydrogens (tertiary/aromatic N) is 4. The molecule has 2 aromatic carbocycles. The Labute approximate surface area is 185 Å². The van der Waals surface area contributed by atoms with Crippen LogP contribution in [0.2, 0.25) is 0 Å². The van der Waals surface area contributed by atoms with Crippen molar-refractivity contribution in [2.45, 2.75) is 45.6 Å². The number of hydrogen-bond acceptors (Lipinski definition) is 4. The number of para-hydroxylation sites is 2. The Bertz CT molecular complexity index is 1070. The van der Waals surface area contributed by atoms with Crippen molar-refractivity contribution in [2.75, 3.05) is 32.7 Å². The molecule has 0 saturated carbocycles. The summed E-state index contributed by atoms with van der Waals surface area (Å²) in [5, 5.41) is 0.671. The molecule has 0 aliphatic carbocycles. The Morgan fingerprint density at radius 3 is 2.29 bits per heavy atom. The van der Waals surface area contributed by atoms with Gasteiger partial charge in [-0.1, -0.05) is 51.1 Å². The monoisotopic (exact) mass is 418 g/mol.